The van der Waals surface area contributed by atoms with Crippen molar-refractivity contribution in [3.05, 3.63) is 90.3 Å². The van der Waals surface area contributed by atoms with Gasteiger partial charge < -0.3 is 0 Å². The highest BCUT2D eigenvalue weighted by Gasteiger charge is 2.24. The third-order valence-electron chi connectivity index (χ3n) is 4.08. The highest BCUT2D eigenvalue weighted by atomic mass is 19.2. The van der Waals surface area contributed by atoms with Crippen LogP contribution in [0.15, 0.2) is 66.7 Å². The molecule has 0 amide bonds. The summed E-state index contributed by atoms with van der Waals surface area (Å²) >= 11 is 0. The standard InChI is InChI=1S/C21H11F4N3/c22-17-16(18(23)20(25)28-19(17)24)15-11-14(12-7-3-1-4-8-12)26-21(27-15)13-9-5-2-6-10-13/h1-11H. The summed E-state index contributed by atoms with van der Waals surface area (Å²) in [5.41, 5.74) is 0.363. The zero-order chi connectivity index (χ0) is 19.7. The molecule has 4 rings (SSSR count). The summed E-state index contributed by atoms with van der Waals surface area (Å²) < 4.78 is 55.8. The molecule has 0 saturated carbocycles. The fourth-order valence-corrected chi connectivity index (χ4v) is 2.76. The maximum absolute atomic E-state index is 14.3. The van der Waals surface area contributed by atoms with E-state index >= 15 is 0 Å². The largest absolute Gasteiger partial charge is 0.252 e. The molecular formula is C21H11F4N3. The van der Waals surface area contributed by atoms with Crippen molar-refractivity contribution in [3.63, 3.8) is 0 Å². The van der Waals surface area contributed by atoms with Gasteiger partial charge in [-0.2, -0.15) is 13.8 Å². The molecule has 3 nitrogen and oxygen atoms in total. The fraction of sp³-hybridized carbons (Fsp3) is 0. The molecule has 0 aliphatic heterocycles. The normalized spacial score (nSPS) is 10.9. The Morgan fingerprint density at radius 1 is 0.536 bits per heavy atom. The summed E-state index contributed by atoms with van der Waals surface area (Å²) in [6, 6.07) is 18.8. The van der Waals surface area contributed by atoms with E-state index in [1.807, 2.05) is 0 Å². The Labute approximate surface area is 157 Å². The maximum Gasteiger partial charge on any atom is 0.252 e. The summed E-state index contributed by atoms with van der Waals surface area (Å²) in [6.45, 7) is 0. The molecule has 0 spiro atoms. The van der Waals surface area contributed by atoms with Crippen LogP contribution < -0.4 is 0 Å². The van der Waals surface area contributed by atoms with E-state index in [1.54, 1.807) is 60.7 Å². The van der Waals surface area contributed by atoms with E-state index in [4.69, 9.17) is 0 Å². The van der Waals surface area contributed by atoms with Gasteiger partial charge in [-0.1, -0.05) is 60.7 Å². The molecule has 0 fully saturated rings. The van der Waals surface area contributed by atoms with Crippen LogP contribution in [0.25, 0.3) is 33.9 Å². The van der Waals surface area contributed by atoms with Crippen LogP contribution in [-0.4, -0.2) is 15.0 Å². The van der Waals surface area contributed by atoms with Gasteiger partial charge in [0.15, 0.2) is 17.5 Å². The van der Waals surface area contributed by atoms with Gasteiger partial charge in [0.1, 0.15) is 0 Å². The summed E-state index contributed by atoms with van der Waals surface area (Å²) in [4.78, 5) is 11.2. The molecule has 0 aliphatic rings. The van der Waals surface area contributed by atoms with Crippen LogP contribution in [0.5, 0.6) is 0 Å². The first-order chi connectivity index (χ1) is 13.5. The van der Waals surface area contributed by atoms with Crippen molar-refractivity contribution in [2.75, 3.05) is 0 Å². The first kappa shape index (κ1) is 17.8. The number of hydrogen-bond acceptors (Lipinski definition) is 3. The van der Waals surface area contributed by atoms with E-state index in [2.05, 4.69) is 15.0 Å². The molecule has 0 radical (unpaired) electrons. The van der Waals surface area contributed by atoms with Gasteiger partial charge in [0.2, 0.25) is 0 Å². The SMILES string of the molecule is Fc1nc(F)c(F)c(-c2cc(-c3ccccc3)nc(-c3ccccc3)n2)c1F. The van der Waals surface area contributed by atoms with Crippen LogP contribution in [0, 0.1) is 23.5 Å². The second-order valence-electron chi connectivity index (χ2n) is 5.89. The molecule has 0 bridgehead atoms. The highest BCUT2D eigenvalue weighted by Crippen LogP contribution is 2.31. The lowest BCUT2D eigenvalue weighted by Crippen LogP contribution is -2.05. The van der Waals surface area contributed by atoms with Crippen LogP contribution in [0.3, 0.4) is 0 Å². The zero-order valence-corrected chi connectivity index (χ0v) is 14.2. The molecule has 2 aromatic heterocycles. The minimum Gasteiger partial charge on any atom is -0.228 e. The molecule has 138 valence electrons. The topological polar surface area (TPSA) is 38.7 Å². The summed E-state index contributed by atoms with van der Waals surface area (Å²) in [7, 11) is 0. The average Bonchev–Trinajstić information content (AvgIpc) is 2.74. The third kappa shape index (κ3) is 3.22. The molecule has 2 aromatic carbocycles. The van der Waals surface area contributed by atoms with Gasteiger partial charge in [0, 0.05) is 11.1 Å². The van der Waals surface area contributed by atoms with E-state index in [0.717, 1.165) is 0 Å². The van der Waals surface area contributed by atoms with E-state index in [0.29, 0.717) is 16.8 Å². The van der Waals surface area contributed by atoms with Gasteiger partial charge in [-0.05, 0) is 6.07 Å². The number of benzene rings is 2. The van der Waals surface area contributed by atoms with E-state index in [-0.39, 0.29) is 11.5 Å². The minimum atomic E-state index is -1.74. The van der Waals surface area contributed by atoms with Gasteiger partial charge in [-0.25, -0.2) is 18.7 Å². The lowest BCUT2D eigenvalue weighted by atomic mass is 10.1. The Hall–Kier alpha value is -3.61. The number of pyridine rings is 1. The number of nitrogens with zero attached hydrogens (tertiary/aromatic N) is 3. The molecule has 0 N–H and O–H groups in total. The quantitative estimate of drug-likeness (QED) is 0.351. The number of aromatic nitrogens is 3. The van der Waals surface area contributed by atoms with Crippen molar-refractivity contribution in [2.45, 2.75) is 0 Å². The lowest BCUT2D eigenvalue weighted by molar-refractivity contribution is 0.410. The van der Waals surface area contributed by atoms with Crippen molar-refractivity contribution >= 4 is 0 Å². The first-order valence-electron chi connectivity index (χ1n) is 8.25. The van der Waals surface area contributed by atoms with Crippen molar-refractivity contribution in [1.29, 1.82) is 0 Å². The Balaban J connectivity index is 2.01. The molecule has 7 heteroatoms. The summed E-state index contributed by atoms with van der Waals surface area (Å²) in [5, 5.41) is 0. The Morgan fingerprint density at radius 2 is 1.04 bits per heavy atom. The molecule has 28 heavy (non-hydrogen) atoms. The Bertz CT molecular complexity index is 1070. The molecule has 4 aromatic rings. The van der Waals surface area contributed by atoms with E-state index in [9.17, 15) is 17.6 Å². The number of hydrogen-bond donors (Lipinski definition) is 0. The maximum atomic E-state index is 14.3. The summed E-state index contributed by atoms with van der Waals surface area (Å²) in [5.74, 6) is -6.55. The number of halogens is 4. The van der Waals surface area contributed by atoms with Crippen molar-refractivity contribution < 1.29 is 17.6 Å². The fourth-order valence-electron chi connectivity index (χ4n) is 2.76. The molecule has 0 unspecified atom stereocenters. The van der Waals surface area contributed by atoms with Crippen molar-refractivity contribution in [1.82, 2.24) is 15.0 Å². The monoisotopic (exact) mass is 381 g/mol. The molecule has 0 aliphatic carbocycles. The van der Waals surface area contributed by atoms with Gasteiger partial charge in [-0.3, -0.25) is 0 Å². The first-order valence-corrected chi connectivity index (χ1v) is 8.25. The Kier molecular flexibility index (Phi) is 4.57. The number of rotatable bonds is 3. The van der Waals surface area contributed by atoms with Crippen LogP contribution in [0.4, 0.5) is 17.6 Å². The average molecular weight is 381 g/mol. The van der Waals surface area contributed by atoms with Gasteiger partial charge in [0.05, 0.1) is 17.0 Å². The predicted octanol–water partition coefficient (Wildman–Crippen LogP) is 5.43. The lowest BCUT2D eigenvalue weighted by Gasteiger charge is -2.11. The highest BCUT2D eigenvalue weighted by molar-refractivity contribution is 5.72. The smallest absolute Gasteiger partial charge is 0.228 e. The summed E-state index contributed by atoms with van der Waals surface area (Å²) in [6.07, 6.45) is 0. The van der Waals surface area contributed by atoms with Crippen molar-refractivity contribution in [3.8, 4) is 33.9 Å². The Morgan fingerprint density at radius 3 is 1.61 bits per heavy atom. The van der Waals surface area contributed by atoms with Gasteiger partial charge in [0.25, 0.3) is 11.9 Å². The van der Waals surface area contributed by atoms with Crippen LogP contribution in [-0.2, 0) is 0 Å². The van der Waals surface area contributed by atoms with Crippen LogP contribution in [0.2, 0.25) is 0 Å². The van der Waals surface area contributed by atoms with Crippen LogP contribution in [0.1, 0.15) is 0 Å². The second-order valence-corrected chi connectivity index (χ2v) is 5.89. The second kappa shape index (κ2) is 7.19. The van der Waals surface area contributed by atoms with Gasteiger partial charge >= 0.3 is 0 Å². The van der Waals surface area contributed by atoms with Gasteiger partial charge in [-0.15, -0.1) is 0 Å². The van der Waals surface area contributed by atoms with Crippen molar-refractivity contribution in [2.24, 2.45) is 0 Å². The van der Waals surface area contributed by atoms with E-state index in [1.165, 1.54) is 6.07 Å². The predicted molar refractivity (Wildman–Crippen MR) is 96.0 cm³/mol. The molecule has 0 atom stereocenters. The minimum absolute atomic E-state index is 0.161. The van der Waals surface area contributed by atoms with E-state index < -0.39 is 29.1 Å². The molecule has 0 saturated heterocycles. The van der Waals surface area contributed by atoms with Crippen LogP contribution >= 0.6 is 0 Å². The third-order valence-corrected chi connectivity index (χ3v) is 4.08. The zero-order valence-electron chi connectivity index (χ0n) is 14.2. The molecular weight excluding hydrogens is 370 g/mol. The molecule has 2 heterocycles.